The number of allylic oxidation sites excluding steroid dienone is 1. The van der Waals surface area contributed by atoms with Gasteiger partial charge in [-0.2, -0.15) is 31.3 Å². The van der Waals surface area contributed by atoms with Crippen LogP contribution >= 0.6 is 7.14 Å². The second kappa shape index (κ2) is 17.4. The summed E-state index contributed by atoms with van der Waals surface area (Å²) < 4.78 is 105. The number of halogens is 6. The van der Waals surface area contributed by atoms with Crippen molar-refractivity contribution in [2.75, 3.05) is 80.6 Å². The summed E-state index contributed by atoms with van der Waals surface area (Å²) in [7, 11) is -1.59. The molecule has 316 valence electrons. The smallest absolute Gasteiger partial charge is 0.421 e. The second-order valence-corrected chi connectivity index (χ2v) is 18.4. The molecule has 0 radical (unpaired) electrons. The number of carbonyl (C=O) groups is 2. The average Bonchev–Trinajstić information content (AvgIpc) is 3.13. The van der Waals surface area contributed by atoms with E-state index in [1.165, 1.54) is 32.6 Å². The van der Waals surface area contributed by atoms with Crippen LogP contribution in [0.3, 0.4) is 0 Å². The van der Waals surface area contributed by atoms with E-state index in [9.17, 15) is 40.5 Å². The van der Waals surface area contributed by atoms with Gasteiger partial charge in [-0.05, 0) is 65.1 Å². The second-order valence-electron chi connectivity index (χ2n) is 15.2. The number of anilines is 6. The number of rotatable bonds is 10. The number of ether oxygens (including phenoxy) is 2. The molecular formula is C38H47F6N8O5P. The Hall–Kier alpha value is -5.03. The first-order valence-electron chi connectivity index (χ1n) is 18.4. The average molecular weight is 841 g/mol. The van der Waals surface area contributed by atoms with Gasteiger partial charge >= 0.3 is 18.4 Å². The van der Waals surface area contributed by atoms with Gasteiger partial charge in [-0.1, -0.05) is 12.1 Å². The maximum atomic E-state index is 14.2. The van der Waals surface area contributed by atoms with Gasteiger partial charge in [0, 0.05) is 75.0 Å². The highest BCUT2D eigenvalue weighted by Crippen LogP contribution is 2.42. The van der Waals surface area contributed by atoms with Gasteiger partial charge < -0.3 is 39.8 Å². The number of nitrogens with zero attached hydrogens (tertiary/aromatic N) is 5. The zero-order valence-corrected chi connectivity index (χ0v) is 33.8. The van der Waals surface area contributed by atoms with Gasteiger partial charge in [-0.15, -0.1) is 0 Å². The van der Waals surface area contributed by atoms with Crippen molar-refractivity contribution in [3.8, 4) is 5.75 Å². The highest BCUT2D eigenvalue weighted by molar-refractivity contribution is 7.70. The number of hydrogen-bond acceptors (Lipinski definition) is 11. The summed E-state index contributed by atoms with van der Waals surface area (Å²) in [6, 6.07) is 9.32. The first-order chi connectivity index (χ1) is 27.0. The van der Waals surface area contributed by atoms with Crippen molar-refractivity contribution >= 4 is 59.0 Å². The number of hydrogen-bond donors (Lipinski definition) is 3. The molecule has 0 atom stereocenters. The van der Waals surface area contributed by atoms with Crippen LogP contribution in [0.1, 0.15) is 39.2 Å². The third kappa shape index (κ3) is 11.8. The summed E-state index contributed by atoms with van der Waals surface area (Å²) in [6.07, 6.45) is -7.86. The van der Waals surface area contributed by atoms with Gasteiger partial charge in [0.2, 0.25) is 11.9 Å². The van der Waals surface area contributed by atoms with Crippen LogP contribution in [0.2, 0.25) is 0 Å². The van der Waals surface area contributed by atoms with Crippen LogP contribution < -0.4 is 30.9 Å². The Morgan fingerprint density at radius 2 is 1.55 bits per heavy atom. The monoisotopic (exact) mass is 840 g/mol. The lowest BCUT2D eigenvalue weighted by Crippen LogP contribution is -2.55. The summed E-state index contributed by atoms with van der Waals surface area (Å²) in [5.41, 5.74) is -1.05. The summed E-state index contributed by atoms with van der Waals surface area (Å²) in [4.78, 5) is 39.3. The molecular weight excluding hydrogens is 793 g/mol. The Labute approximate surface area is 332 Å². The van der Waals surface area contributed by atoms with Crippen LogP contribution in [-0.4, -0.2) is 109 Å². The summed E-state index contributed by atoms with van der Waals surface area (Å²) >= 11 is 0. The zero-order valence-electron chi connectivity index (χ0n) is 32.9. The molecule has 2 amide bonds. The molecule has 13 nitrogen and oxygen atoms in total. The van der Waals surface area contributed by atoms with Crippen LogP contribution in [0, 0.1) is 0 Å². The fraction of sp³-hybridized carbons (Fsp3) is 0.474. The predicted molar refractivity (Wildman–Crippen MR) is 211 cm³/mol. The number of amides is 2. The maximum absolute atomic E-state index is 14.2. The van der Waals surface area contributed by atoms with E-state index in [1.54, 1.807) is 29.2 Å². The largest absolute Gasteiger partial charge is 0.494 e. The molecule has 2 aliphatic heterocycles. The van der Waals surface area contributed by atoms with Gasteiger partial charge in [0.15, 0.2) is 0 Å². The minimum Gasteiger partial charge on any atom is -0.494 e. The van der Waals surface area contributed by atoms with Gasteiger partial charge in [0.1, 0.15) is 29.9 Å². The summed E-state index contributed by atoms with van der Waals surface area (Å²) in [5.74, 6) is -1.87. The fourth-order valence-corrected chi connectivity index (χ4v) is 7.81. The van der Waals surface area contributed by atoms with Crippen molar-refractivity contribution in [3.05, 3.63) is 60.3 Å². The summed E-state index contributed by atoms with van der Waals surface area (Å²) in [6.45, 7) is 11.7. The number of nitrogens with one attached hydrogen (secondary N) is 3. The lowest BCUT2D eigenvalue weighted by atomic mass is 10.0. The number of carbonyl (C=O) groups excluding carboxylic acids is 2. The Morgan fingerprint density at radius 3 is 2.14 bits per heavy atom. The predicted octanol–water partition coefficient (Wildman–Crippen LogP) is 7.82. The SMILES string of the molecule is COc1cc(N2CCC(N3CCN(C(=O)OC(C)(C)C)CC3)CC2)c(NC(=O)/C=C/C(F)(F)F)cc1Nc1ncc(C(F)(F)F)c(Nc2ccccc2P(C)(C)=O)n1. The minimum atomic E-state index is -4.87. The van der Waals surface area contributed by atoms with Gasteiger partial charge in [-0.25, -0.2) is 9.78 Å². The normalized spacial score (nSPS) is 16.3. The van der Waals surface area contributed by atoms with E-state index >= 15 is 0 Å². The van der Waals surface area contributed by atoms with E-state index in [0.29, 0.717) is 75.4 Å². The molecule has 2 aromatic carbocycles. The number of benzene rings is 2. The third-order valence-corrected chi connectivity index (χ3v) is 10.9. The number of alkyl halides is 6. The van der Waals surface area contributed by atoms with E-state index in [0.717, 1.165) is 0 Å². The number of methoxy groups -OCH3 is 1. The molecule has 5 rings (SSSR count). The number of piperazine rings is 1. The highest BCUT2D eigenvalue weighted by Gasteiger charge is 2.36. The first kappa shape index (κ1) is 44.1. The van der Waals surface area contributed by atoms with Crippen molar-refractivity contribution in [2.24, 2.45) is 0 Å². The molecule has 0 saturated carbocycles. The van der Waals surface area contributed by atoms with Crippen LogP contribution in [0.15, 0.2) is 54.7 Å². The molecule has 1 aromatic heterocycles. The van der Waals surface area contributed by atoms with E-state index in [4.69, 9.17) is 9.47 Å². The van der Waals surface area contributed by atoms with E-state index in [-0.39, 0.29) is 47.0 Å². The standard InChI is InChI=1S/C38H47F6N8O5P/c1-36(2,3)57-35(54)52-19-17-50(18-20-52)24-12-15-51(16-13-24)29-22-30(56-4)28(21-27(29)46-32(53)11-14-37(39,40)41)48-34-45-23-25(38(42,43)44)33(49-34)47-26-9-7-8-10-31(26)58(5,6)55/h7-11,14,21-24H,12-13,15-20H2,1-6H3,(H,46,53)(H2,45,47,48,49)/b14-11+. The minimum absolute atomic E-state index is 0.0804. The lowest BCUT2D eigenvalue weighted by Gasteiger charge is -2.43. The Balaban J connectivity index is 1.41. The van der Waals surface area contributed by atoms with Crippen molar-refractivity contribution < 1.29 is 50.0 Å². The molecule has 58 heavy (non-hydrogen) atoms. The van der Waals surface area contributed by atoms with Gasteiger partial charge in [0.05, 0.1) is 29.9 Å². The molecule has 2 aliphatic rings. The van der Waals surface area contributed by atoms with Crippen molar-refractivity contribution in [1.29, 1.82) is 0 Å². The Morgan fingerprint density at radius 1 is 0.897 bits per heavy atom. The zero-order chi connectivity index (χ0) is 42.6. The van der Waals surface area contributed by atoms with Crippen molar-refractivity contribution in [3.63, 3.8) is 0 Å². The van der Waals surface area contributed by atoms with Crippen LogP contribution in [0.4, 0.5) is 65.7 Å². The van der Waals surface area contributed by atoms with E-state index in [1.807, 2.05) is 25.7 Å². The molecule has 2 fully saturated rings. The molecule has 0 bridgehead atoms. The molecule has 20 heteroatoms. The number of aromatic nitrogens is 2. The molecule has 0 unspecified atom stereocenters. The molecule has 3 heterocycles. The Bertz CT molecular complexity index is 2040. The van der Waals surface area contributed by atoms with Crippen LogP contribution in [0.25, 0.3) is 0 Å². The molecule has 0 spiro atoms. The molecule has 3 N–H and O–H groups in total. The molecule has 0 aliphatic carbocycles. The first-order valence-corrected chi connectivity index (χ1v) is 21.0. The molecule has 3 aromatic rings. The number of piperidine rings is 1. The third-order valence-electron chi connectivity index (χ3n) is 9.36. The van der Waals surface area contributed by atoms with Gasteiger partial charge in [0.25, 0.3) is 0 Å². The highest BCUT2D eigenvalue weighted by atomic mass is 31.2. The van der Waals surface area contributed by atoms with Crippen molar-refractivity contribution in [1.82, 2.24) is 19.8 Å². The van der Waals surface area contributed by atoms with E-state index in [2.05, 4.69) is 30.8 Å². The Kier molecular flexibility index (Phi) is 13.3. The fourth-order valence-electron chi connectivity index (χ4n) is 6.65. The quantitative estimate of drug-likeness (QED) is 0.105. The van der Waals surface area contributed by atoms with Crippen molar-refractivity contribution in [2.45, 2.75) is 57.6 Å². The van der Waals surface area contributed by atoms with E-state index < -0.39 is 42.4 Å². The lowest BCUT2D eigenvalue weighted by molar-refractivity contribution is -0.137. The molecule has 2 saturated heterocycles. The maximum Gasteiger partial charge on any atom is 0.421 e. The van der Waals surface area contributed by atoms with Crippen LogP contribution in [0.5, 0.6) is 5.75 Å². The summed E-state index contributed by atoms with van der Waals surface area (Å²) in [5, 5.41) is 8.30. The van der Waals surface area contributed by atoms with Gasteiger partial charge in [-0.3, -0.25) is 9.69 Å². The van der Waals surface area contributed by atoms with Crippen LogP contribution in [-0.2, 0) is 20.3 Å². The number of para-hydroxylation sites is 1. The topological polar surface area (TPSA) is 141 Å².